The Bertz CT molecular complexity index is 431. The van der Waals surface area contributed by atoms with E-state index in [9.17, 15) is 0 Å². The largest absolute Gasteiger partial charge is 0.492 e. The standard InChI is InChI=1S/C17H28N2O2/c1-4-18-15(3)16-5-6-17(14(2)13-16)21-12-9-19-7-10-20-11-8-19/h5-6,13,15,18H,4,7-12H2,1-3H3. The Kier molecular flexibility index (Phi) is 6.49. The monoisotopic (exact) mass is 292 g/mol. The van der Waals surface area contributed by atoms with Crippen molar-refractivity contribution in [3.63, 3.8) is 0 Å². The van der Waals surface area contributed by atoms with Gasteiger partial charge in [0.2, 0.25) is 0 Å². The molecule has 1 saturated heterocycles. The van der Waals surface area contributed by atoms with Crippen molar-refractivity contribution in [2.75, 3.05) is 46.0 Å². The van der Waals surface area contributed by atoms with Crippen molar-refractivity contribution in [1.82, 2.24) is 10.2 Å². The number of aryl methyl sites for hydroxylation is 1. The third-order valence-electron chi connectivity index (χ3n) is 3.98. The van der Waals surface area contributed by atoms with Gasteiger partial charge in [0.25, 0.3) is 0 Å². The fourth-order valence-corrected chi connectivity index (χ4v) is 2.64. The maximum absolute atomic E-state index is 5.93. The minimum atomic E-state index is 0.385. The van der Waals surface area contributed by atoms with Crippen LogP contribution in [0.4, 0.5) is 0 Å². The molecule has 4 heteroatoms. The lowest BCUT2D eigenvalue weighted by Gasteiger charge is -2.26. The second-order valence-electron chi connectivity index (χ2n) is 5.61. The molecule has 1 aromatic rings. The van der Waals surface area contributed by atoms with Gasteiger partial charge in [-0.3, -0.25) is 4.90 Å². The second-order valence-corrected chi connectivity index (χ2v) is 5.61. The Morgan fingerprint density at radius 3 is 2.76 bits per heavy atom. The summed E-state index contributed by atoms with van der Waals surface area (Å²) in [4.78, 5) is 2.39. The first kappa shape index (κ1) is 16.3. The SMILES string of the molecule is CCNC(C)c1ccc(OCCN2CCOCC2)c(C)c1. The van der Waals surface area contributed by atoms with E-state index in [1.807, 2.05) is 0 Å². The molecule has 0 radical (unpaired) electrons. The molecule has 1 aliphatic rings. The molecule has 1 heterocycles. The zero-order valence-electron chi connectivity index (χ0n) is 13.5. The molecule has 1 N–H and O–H groups in total. The molecule has 0 spiro atoms. The van der Waals surface area contributed by atoms with Gasteiger partial charge in [-0.25, -0.2) is 0 Å². The molecule has 0 amide bonds. The van der Waals surface area contributed by atoms with E-state index >= 15 is 0 Å². The van der Waals surface area contributed by atoms with E-state index in [1.165, 1.54) is 11.1 Å². The molecule has 118 valence electrons. The molecule has 1 atom stereocenters. The average molecular weight is 292 g/mol. The molecule has 21 heavy (non-hydrogen) atoms. The van der Waals surface area contributed by atoms with Crippen LogP contribution < -0.4 is 10.1 Å². The molecule has 0 aromatic heterocycles. The molecule has 0 aliphatic carbocycles. The van der Waals surface area contributed by atoms with Gasteiger partial charge in [-0.2, -0.15) is 0 Å². The van der Waals surface area contributed by atoms with Crippen LogP contribution in [-0.4, -0.2) is 50.9 Å². The summed E-state index contributed by atoms with van der Waals surface area (Å²) in [5, 5.41) is 3.44. The van der Waals surface area contributed by atoms with E-state index in [0.717, 1.165) is 51.7 Å². The van der Waals surface area contributed by atoms with Crippen LogP contribution in [0.5, 0.6) is 5.75 Å². The summed E-state index contributed by atoms with van der Waals surface area (Å²) in [6.45, 7) is 12.9. The van der Waals surface area contributed by atoms with Crippen LogP contribution in [0.15, 0.2) is 18.2 Å². The number of ether oxygens (including phenoxy) is 2. The third kappa shape index (κ3) is 4.99. The van der Waals surface area contributed by atoms with Gasteiger partial charge in [-0.1, -0.05) is 19.1 Å². The maximum Gasteiger partial charge on any atom is 0.122 e. The smallest absolute Gasteiger partial charge is 0.122 e. The topological polar surface area (TPSA) is 33.7 Å². The predicted molar refractivity (Wildman–Crippen MR) is 86.0 cm³/mol. The van der Waals surface area contributed by atoms with Gasteiger partial charge in [0.05, 0.1) is 13.2 Å². The highest BCUT2D eigenvalue weighted by Gasteiger charge is 2.11. The van der Waals surface area contributed by atoms with Crippen LogP contribution >= 0.6 is 0 Å². The summed E-state index contributed by atoms with van der Waals surface area (Å²) < 4.78 is 11.3. The highest BCUT2D eigenvalue weighted by molar-refractivity contribution is 5.37. The fraction of sp³-hybridized carbons (Fsp3) is 0.647. The second kappa shape index (κ2) is 8.37. The predicted octanol–water partition coefficient (Wildman–Crippen LogP) is 2.38. The van der Waals surface area contributed by atoms with Crippen LogP contribution in [0.1, 0.15) is 31.0 Å². The van der Waals surface area contributed by atoms with E-state index < -0.39 is 0 Å². The minimum absolute atomic E-state index is 0.385. The molecule has 2 rings (SSSR count). The number of benzene rings is 1. The van der Waals surface area contributed by atoms with Crippen molar-refractivity contribution in [1.29, 1.82) is 0 Å². The Balaban J connectivity index is 1.82. The molecular formula is C17H28N2O2. The average Bonchev–Trinajstić information content (AvgIpc) is 2.50. The minimum Gasteiger partial charge on any atom is -0.492 e. The molecule has 0 bridgehead atoms. The van der Waals surface area contributed by atoms with Crippen LogP contribution in [0, 0.1) is 6.92 Å². The summed E-state index contributed by atoms with van der Waals surface area (Å²) in [6.07, 6.45) is 0. The zero-order chi connectivity index (χ0) is 15.1. The molecule has 0 saturated carbocycles. The maximum atomic E-state index is 5.93. The van der Waals surface area contributed by atoms with Gasteiger partial charge in [0.15, 0.2) is 0 Å². The first-order valence-corrected chi connectivity index (χ1v) is 7.97. The van der Waals surface area contributed by atoms with Crippen LogP contribution in [0.3, 0.4) is 0 Å². The number of morpholine rings is 1. The van der Waals surface area contributed by atoms with E-state index in [1.54, 1.807) is 0 Å². The van der Waals surface area contributed by atoms with Gasteiger partial charge in [-0.05, 0) is 37.6 Å². The van der Waals surface area contributed by atoms with Crippen molar-refractivity contribution in [2.24, 2.45) is 0 Å². The van der Waals surface area contributed by atoms with Gasteiger partial charge in [-0.15, -0.1) is 0 Å². The van der Waals surface area contributed by atoms with Crippen molar-refractivity contribution in [3.8, 4) is 5.75 Å². The first-order chi connectivity index (χ1) is 10.2. The van der Waals surface area contributed by atoms with Gasteiger partial charge in [0.1, 0.15) is 12.4 Å². The van der Waals surface area contributed by atoms with E-state index in [0.29, 0.717) is 6.04 Å². The number of rotatable bonds is 7. The summed E-state index contributed by atoms with van der Waals surface area (Å²) >= 11 is 0. The van der Waals surface area contributed by atoms with Crippen LogP contribution in [0.25, 0.3) is 0 Å². The lowest BCUT2D eigenvalue weighted by molar-refractivity contribution is 0.0322. The lowest BCUT2D eigenvalue weighted by Crippen LogP contribution is -2.38. The number of nitrogens with one attached hydrogen (secondary N) is 1. The molecular weight excluding hydrogens is 264 g/mol. The number of nitrogens with zero attached hydrogens (tertiary/aromatic N) is 1. The van der Waals surface area contributed by atoms with Crippen molar-refractivity contribution in [2.45, 2.75) is 26.8 Å². The van der Waals surface area contributed by atoms with Crippen molar-refractivity contribution < 1.29 is 9.47 Å². The van der Waals surface area contributed by atoms with Gasteiger partial charge in [0, 0.05) is 25.7 Å². The van der Waals surface area contributed by atoms with Crippen LogP contribution in [0.2, 0.25) is 0 Å². The first-order valence-electron chi connectivity index (χ1n) is 7.97. The third-order valence-corrected chi connectivity index (χ3v) is 3.98. The van der Waals surface area contributed by atoms with Crippen LogP contribution in [-0.2, 0) is 4.74 Å². The Morgan fingerprint density at radius 1 is 1.33 bits per heavy atom. The fourth-order valence-electron chi connectivity index (χ4n) is 2.64. The summed E-state index contributed by atoms with van der Waals surface area (Å²) in [6, 6.07) is 6.86. The van der Waals surface area contributed by atoms with Crippen molar-refractivity contribution in [3.05, 3.63) is 29.3 Å². The van der Waals surface area contributed by atoms with Crippen molar-refractivity contribution >= 4 is 0 Å². The van der Waals surface area contributed by atoms with Gasteiger partial charge < -0.3 is 14.8 Å². The van der Waals surface area contributed by atoms with Gasteiger partial charge >= 0.3 is 0 Å². The van der Waals surface area contributed by atoms with E-state index in [2.05, 4.69) is 49.2 Å². The molecule has 4 nitrogen and oxygen atoms in total. The highest BCUT2D eigenvalue weighted by Crippen LogP contribution is 2.22. The Hall–Kier alpha value is -1.10. The normalized spacial score (nSPS) is 17.7. The number of hydrogen-bond acceptors (Lipinski definition) is 4. The molecule has 1 unspecified atom stereocenters. The van der Waals surface area contributed by atoms with E-state index in [4.69, 9.17) is 9.47 Å². The number of hydrogen-bond donors (Lipinski definition) is 1. The molecule has 1 fully saturated rings. The summed E-state index contributed by atoms with van der Waals surface area (Å²) in [7, 11) is 0. The van der Waals surface area contributed by atoms with E-state index in [-0.39, 0.29) is 0 Å². The summed E-state index contributed by atoms with van der Waals surface area (Å²) in [5.74, 6) is 0.996. The Labute approximate surface area is 128 Å². The zero-order valence-corrected chi connectivity index (χ0v) is 13.5. The lowest BCUT2D eigenvalue weighted by atomic mass is 10.1. The molecule has 1 aromatic carbocycles. The Morgan fingerprint density at radius 2 is 2.10 bits per heavy atom. The quantitative estimate of drug-likeness (QED) is 0.836. The highest BCUT2D eigenvalue weighted by atomic mass is 16.5. The summed E-state index contributed by atoms with van der Waals surface area (Å²) in [5.41, 5.74) is 2.52. The molecule has 1 aliphatic heterocycles.